The summed E-state index contributed by atoms with van der Waals surface area (Å²) in [6, 6.07) is 6.59. The first-order chi connectivity index (χ1) is 12.3. The minimum Gasteiger partial charge on any atom is -0.479 e. The molecule has 2 rings (SSSR count). The summed E-state index contributed by atoms with van der Waals surface area (Å²) in [5.74, 6) is -3.13. The normalized spacial score (nSPS) is 15.2. The Morgan fingerprint density at radius 2 is 1.65 bits per heavy atom. The van der Waals surface area contributed by atoms with E-state index >= 15 is 0 Å². The molecule has 1 aliphatic heterocycles. The fourth-order valence-electron chi connectivity index (χ4n) is 2.63. The number of carboxylic acid groups (broad SMARTS) is 2. The Hall–Kier alpha value is -2.45. The number of nitrogens with zero attached hydrogens (tertiary/aromatic N) is 2. The van der Waals surface area contributed by atoms with Crippen LogP contribution in [0.15, 0.2) is 24.3 Å². The molecular formula is C18H26N2O6. The molecule has 26 heavy (non-hydrogen) atoms. The monoisotopic (exact) mass is 366 g/mol. The van der Waals surface area contributed by atoms with Gasteiger partial charge in [-0.05, 0) is 24.7 Å². The summed E-state index contributed by atoms with van der Waals surface area (Å²) >= 11 is 0. The number of piperazine rings is 1. The van der Waals surface area contributed by atoms with Gasteiger partial charge in [-0.2, -0.15) is 0 Å². The molecule has 1 saturated heterocycles. The average molecular weight is 366 g/mol. The Morgan fingerprint density at radius 3 is 2.08 bits per heavy atom. The molecule has 2 N–H and O–H groups in total. The highest BCUT2D eigenvalue weighted by atomic mass is 16.5. The molecule has 1 aliphatic rings. The van der Waals surface area contributed by atoms with Crippen molar-refractivity contribution in [1.29, 1.82) is 0 Å². The number of aliphatic carboxylic acids is 2. The molecule has 0 radical (unpaired) electrons. The lowest BCUT2D eigenvalue weighted by Crippen LogP contribution is -2.50. The summed E-state index contributed by atoms with van der Waals surface area (Å²) < 4.78 is 4.77. The van der Waals surface area contributed by atoms with Gasteiger partial charge < -0.3 is 19.8 Å². The molecule has 1 amide bonds. The van der Waals surface area contributed by atoms with E-state index in [1.165, 1.54) is 0 Å². The van der Waals surface area contributed by atoms with Crippen molar-refractivity contribution in [3.05, 3.63) is 29.8 Å². The fraction of sp³-hybridized carbons (Fsp3) is 0.500. The molecule has 0 aromatic heterocycles. The van der Waals surface area contributed by atoms with Gasteiger partial charge in [-0.3, -0.25) is 9.69 Å². The van der Waals surface area contributed by atoms with Gasteiger partial charge in [0.15, 0.2) is 0 Å². The number of benzene rings is 1. The molecular weight excluding hydrogens is 340 g/mol. The quantitative estimate of drug-likeness (QED) is 0.726. The number of hydrogen-bond donors (Lipinski definition) is 2. The number of likely N-dealkylation sites (N-methyl/N-ethyl adjacent to an activating group) is 1. The molecule has 8 heteroatoms. The van der Waals surface area contributed by atoms with E-state index in [0.29, 0.717) is 24.3 Å². The van der Waals surface area contributed by atoms with Gasteiger partial charge in [0.1, 0.15) is 0 Å². The maximum Gasteiger partial charge on any atom is 0.348 e. The summed E-state index contributed by atoms with van der Waals surface area (Å²) in [6.07, 6.45) is -0.314. The van der Waals surface area contributed by atoms with Crippen LogP contribution < -0.4 is 4.90 Å². The molecule has 0 saturated carbocycles. The van der Waals surface area contributed by atoms with Crippen molar-refractivity contribution in [2.45, 2.75) is 25.9 Å². The van der Waals surface area contributed by atoms with Gasteiger partial charge in [-0.25, -0.2) is 9.59 Å². The van der Waals surface area contributed by atoms with E-state index in [0.717, 1.165) is 13.7 Å². The lowest BCUT2D eigenvalue weighted by Gasteiger charge is -2.32. The number of methoxy groups -OCH3 is 1. The van der Waals surface area contributed by atoms with Crippen LogP contribution in [0.25, 0.3) is 0 Å². The topological polar surface area (TPSA) is 107 Å². The number of amides is 1. The van der Waals surface area contributed by atoms with Crippen LogP contribution in [-0.4, -0.2) is 72.4 Å². The van der Waals surface area contributed by atoms with E-state index in [9.17, 15) is 24.6 Å². The molecule has 0 atom stereocenters. The highest BCUT2D eigenvalue weighted by Crippen LogP contribution is 2.22. The average Bonchev–Trinajstić information content (AvgIpc) is 2.61. The van der Waals surface area contributed by atoms with Gasteiger partial charge in [0.05, 0.1) is 6.54 Å². The molecule has 1 heterocycles. The number of carbonyl (C=O) groups excluding carboxylic acids is 1. The SMILES string of the molecule is CC.COC(Cc1ccc(N2CCN(C)CC2=O)cc1)(C(=O)O)C(=O)O. The van der Waals surface area contributed by atoms with Crippen molar-refractivity contribution in [2.24, 2.45) is 0 Å². The van der Waals surface area contributed by atoms with Gasteiger partial charge in [0.2, 0.25) is 5.91 Å². The highest BCUT2D eigenvalue weighted by molar-refractivity contribution is 6.02. The van der Waals surface area contributed by atoms with Crippen molar-refractivity contribution in [3.63, 3.8) is 0 Å². The van der Waals surface area contributed by atoms with Crippen LogP contribution in [0, 0.1) is 0 Å². The lowest BCUT2D eigenvalue weighted by molar-refractivity contribution is -0.179. The lowest BCUT2D eigenvalue weighted by atomic mass is 9.94. The third kappa shape index (κ3) is 4.59. The van der Waals surface area contributed by atoms with Gasteiger partial charge in [-0.1, -0.05) is 26.0 Å². The van der Waals surface area contributed by atoms with E-state index in [2.05, 4.69) is 0 Å². The maximum atomic E-state index is 12.1. The Morgan fingerprint density at radius 1 is 1.12 bits per heavy atom. The second kappa shape index (κ2) is 9.30. The van der Waals surface area contributed by atoms with Crippen molar-refractivity contribution >= 4 is 23.5 Å². The van der Waals surface area contributed by atoms with Crippen molar-refractivity contribution in [3.8, 4) is 0 Å². The van der Waals surface area contributed by atoms with Gasteiger partial charge in [0, 0.05) is 32.3 Å². The van der Waals surface area contributed by atoms with Gasteiger partial charge in [-0.15, -0.1) is 0 Å². The van der Waals surface area contributed by atoms with Crippen molar-refractivity contribution in [2.75, 3.05) is 38.7 Å². The number of ether oxygens (including phenoxy) is 1. The number of carbonyl (C=O) groups is 3. The predicted molar refractivity (Wildman–Crippen MR) is 96.4 cm³/mol. The van der Waals surface area contributed by atoms with Crippen LogP contribution in [0.2, 0.25) is 0 Å². The predicted octanol–water partition coefficient (Wildman–Crippen LogP) is 1.09. The van der Waals surface area contributed by atoms with Crippen LogP contribution in [-0.2, 0) is 25.5 Å². The van der Waals surface area contributed by atoms with E-state index < -0.39 is 17.5 Å². The number of anilines is 1. The molecule has 1 aromatic rings. The van der Waals surface area contributed by atoms with E-state index in [1.807, 2.05) is 25.8 Å². The first-order valence-electron chi connectivity index (χ1n) is 8.40. The summed E-state index contributed by atoms with van der Waals surface area (Å²) in [5, 5.41) is 18.4. The number of hydrogen-bond acceptors (Lipinski definition) is 5. The molecule has 0 unspecified atom stereocenters. The Kier molecular flexibility index (Phi) is 7.73. The minimum absolute atomic E-state index is 0.0150. The zero-order chi connectivity index (χ0) is 19.9. The Balaban J connectivity index is 0.00000163. The Labute approximate surface area is 153 Å². The summed E-state index contributed by atoms with van der Waals surface area (Å²) in [5.41, 5.74) is -1.14. The molecule has 0 aliphatic carbocycles. The van der Waals surface area contributed by atoms with Crippen LogP contribution in [0.3, 0.4) is 0 Å². The van der Waals surface area contributed by atoms with Gasteiger partial charge >= 0.3 is 11.9 Å². The molecule has 0 spiro atoms. The first-order valence-corrected chi connectivity index (χ1v) is 8.40. The second-order valence-electron chi connectivity index (χ2n) is 5.77. The van der Waals surface area contributed by atoms with Crippen LogP contribution in [0.1, 0.15) is 19.4 Å². The van der Waals surface area contributed by atoms with E-state index in [-0.39, 0.29) is 12.3 Å². The van der Waals surface area contributed by atoms with Crippen molar-refractivity contribution in [1.82, 2.24) is 4.90 Å². The number of rotatable bonds is 6. The summed E-state index contributed by atoms with van der Waals surface area (Å²) in [7, 11) is 2.93. The zero-order valence-corrected chi connectivity index (χ0v) is 15.6. The molecule has 1 fully saturated rings. The highest BCUT2D eigenvalue weighted by Gasteiger charge is 2.47. The smallest absolute Gasteiger partial charge is 0.348 e. The van der Waals surface area contributed by atoms with E-state index in [4.69, 9.17) is 4.74 Å². The third-order valence-corrected chi connectivity index (χ3v) is 4.15. The minimum atomic E-state index is -2.33. The summed E-state index contributed by atoms with van der Waals surface area (Å²) in [4.78, 5) is 38.3. The van der Waals surface area contributed by atoms with Crippen LogP contribution in [0.4, 0.5) is 5.69 Å². The fourth-order valence-corrected chi connectivity index (χ4v) is 2.63. The molecule has 1 aromatic carbocycles. The first kappa shape index (κ1) is 21.6. The Bertz CT molecular complexity index is 630. The molecule has 144 valence electrons. The zero-order valence-electron chi connectivity index (χ0n) is 15.6. The van der Waals surface area contributed by atoms with E-state index in [1.54, 1.807) is 29.2 Å². The third-order valence-electron chi connectivity index (χ3n) is 4.15. The standard InChI is InChI=1S/C16H20N2O6.C2H6/c1-17-7-8-18(13(19)10-17)12-5-3-11(4-6-12)9-16(24-2,14(20)21)15(22)23;1-2/h3-6H,7-10H2,1-2H3,(H,20,21)(H,22,23);1-2H3. The summed E-state index contributed by atoms with van der Waals surface area (Å²) in [6.45, 7) is 5.67. The number of carboxylic acids is 2. The van der Waals surface area contributed by atoms with Crippen LogP contribution >= 0.6 is 0 Å². The second-order valence-corrected chi connectivity index (χ2v) is 5.77. The van der Waals surface area contributed by atoms with Crippen LogP contribution in [0.5, 0.6) is 0 Å². The largest absolute Gasteiger partial charge is 0.479 e. The van der Waals surface area contributed by atoms with Gasteiger partial charge in [0.25, 0.3) is 5.60 Å². The maximum absolute atomic E-state index is 12.1. The molecule has 0 bridgehead atoms. The van der Waals surface area contributed by atoms with Crippen molar-refractivity contribution < 1.29 is 29.3 Å². The molecule has 8 nitrogen and oxygen atoms in total.